The molecule has 1 heterocycles. The van der Waals surface area contributed by atoms with Crippen molar-refractivity contribution in [2.24, 2.45) is 0 Å². The van der Waals surface area contributed by atoms with Gasteiger partial charge in [0.1, 0.15) is 0 Å². The van der Waals surface area contributed by atoms with Crippen molar-refractivity contribution in [2.75, 3.05) is 5.75 Å². The Balaban J connectivity index is 2.00. The van der Waals surface area contributed by atoms with E-state index in [-0.39, 0.29) is 5.75 Å². The van der Waals surface area contributed by atoms with E-state index in [2.05, 4.69) is 26.1 Å². The van der Waals surface area contributed by atoms with E-state index >= 15 is 0 Å². The molecule has 1 aliphatic carbocycles. The number of hydrogen-bond donors (Lipinski definition) is 1. The molecule has 0 unspecified atom stereocenters. The second-order valence-electron chi connectivity index (χ2n) is 4.71. The maximum absolute atomic E-state index is 10.7. The summed E-state index contributed by atoms with van der Waals surface area (Å²) in [5.41, 5.74) is 0.904. The van der Waals surface area contributed by atoms with Gasteiger partial charge in [0.05, 0.1) is 5.75 Å². The van der Waals surface area contributed by atoms with E-state index in [1.807, 2.05) is 16.7 Å². The van der Waals surface area contributed by atoms with Crippen LogP contribution in [0.3, 0.4) is 0 Å². The predicted octanol–water partition coefficient (Wildman–Crippen LogP) is 3.87. The SMILES string of the molecule is O=C(O)CSc1nnc(-c2ccc(Cl)cc2Br)n1C1CC1. The number of halogens is 2. The molecule has 110 valence electrons. The first-order valence-electron chi connectivity index (χ1n) is 6.31. The number of nitrogens with zero attached hydrogens (tertiary/aromatic N) is 3. The number of aromatic nitrogens is 3. The molecule has 1 aromatic heterocycles. The standard InChI is InChI=1S/C13H11BrClN3O2S/c14-10-5-7(15)1-4-9(10)12-16-17-13(21-6-11(19)20)18(12)8-2-3-8/h1,4-5,8H,2-3,6H2,(H,19,20). The molecule has 1 N–H and O–H groups in total. The van der Waals surface area contributed by atoms with Crippen molar-refractivity contribution in [3.05, 3.63) is 27.7 Å². The van der Waals surface area contributed by atoms with Gasteiger partial charge in [0.2, 0.25) is 0 Å². The van der Waals surface area contributed by atoms with E-state index in [1.165, 1.54) is 11.8 Å². The summed E-state index contributed by atoms with van der Waals surface area (Å²) in [6, 6.07) is 5.86. The minimum atomic E-state index is -0.862. The summed E-state index contributed by atoms with van der Waals surface area (Å²) in [7, 11) is 0. The zero-order chi connectivity index (χ0) is 15.0. The predicted molar refractivity (Wildman–Crippen MR) is 84.8 cm³/mol. The van der Waals surface area contributed by atoms with Crippen LogP contribution in [-0.4, -0.2) is 31.6 Å². The molecule has 0 bridgehead atoms. The van der Waals surface area contributed by atoms with Crippen LogP contribution in [-0.2, 0) is 4.79 Å². The molecule has 1 aromatic carbocycles. The highest BCUT2D eigenvalue weighted by molar-refractivity contribution is 9.10. The van der Waals surface area contributed by atoms with Gasteiger partial charge in [-0.2, -0.15) is 0 Å². The van der Waals surface area contributed by atoms with E-state index in [4.69, 9.17) is 16.7 Å². The van der Waals surface area contributed by atoms with Gasteiger partial charge in [-0.15, -0.1) is 10.2 Å². The average Bonchev–Trinajstić information content (AvgIpc) is 3.17. The number of carboxylic acids is 1. The molecule has 0 spiro atoms. The van der Waals surface area contributed by atoms with Gasteiger partial charge in [-0.25, -0.2) is 0 Å². The highest BCUT2D eigenvalue weighted by Gasteiger charge is 2.30. The number of benzene rings is 1. The topological polar surface area (TPSA) is 68.0 Å². The quantitative estimate of drug-likeness (QED) is 0.787. The molecule has 1 fully saturated rings. The lowest BCUT2D eigenvalue weighted by Crippen LogP contribution is -2.03. The van der Waals surface area contributed by atoms with E-state index < -0.39 is 5.97 Å². The Morgan fingerprint density at radius 1 is 1.48 bits per heavy atom. The maximum Gasteiger partial charge on any atom is 0.313 e. The molecule has 0 atom stereocenters. The van der Waals surface area contributed by atoms with Crippen molar-refractivity contribution in [1.29, 1.82) is 0 Å². The first-order chi connectivity index (χ1) is 10.1. The highest BCUT2D eigenvalue weighted by Crippen LogP contribution is 2.42. The van der Waals surface area contributed by atoms with Crippen molar-refractivity contribution in [2.45, 2.75) is 24.0 Å². The minimum Gasteiger partial charge on any atom is -0.481 e. The third-order valence-electron chi connectivity index (χ3n) is 3.07. The van der Waals surface area contributed by atoms with E-state index in [0.717, 1.165) is 28.7 Å². The lowest BCUT2D eigenvalue weighted by atomic mass is 10.2. The summed E-state index contributed by atoms with van der Waals surface area (Å²) in [5, 5.41) is 18.5. The van der Waals surface area contributed by atoms with Gasteiger partial charge in [-0.3, -0.25) is 9.36 Å². The van der Waals surface area contributed by atoms with Gasteiger partial charge >= 0.3 is 5.97 Å². The molecule has 1 aliphatic rings. The monoisotopic (exact) mass is 387 g/mol. The lowest BCUT2D eigenvalue weighted by molar-refractivity contribution is -0.133. The first kappa shape index (κ1) is 14.9. The van der Waals surface area contributed by atoms with Crippen LogP contribution in [0.15, 0.2) is 27.8 Å². The maximum atomic E-state index is 10.7. The number of carboxylic acid groups (broad SMARTS) is 1. The van der Waals surface area contributed by atoms with Crippen molar-refractivity contribution in [3.8, 4) is 11.4 Å². The van der Waals surface area contributed by atoms with Gasteiger partial charge < -0.3 is 5.11 Å². The summed E-state index contributed by atoms with van der Waals surface area (Å²) in [5.74, 6) is -0.138. The second kappa shape index (κ2) is 5.98. The molecule has 1 saturated carbocycles. The van der Waals surface area contributed by atoms with Crippen LogP contribution in [0.5, 0.6) is 0 Å². The Morgan fingerprint density at radius 2 is 2.24 bits per heavy atom. The fraction of sp³-hybridized carbons (Fsp3) is 0.308. The summed E-state index contributed by atoms with van der Waals surface area (Å²) in [6.45, 7) is 0. The van der Waals surface area contributed by atoms with Crippen LogP contribution < -0.4 is 0 Å². The summed E-state index contributed by atoms with van der Waals surface area (Å²) in [6.07, 6.45) is 2.13. The fourth-order valence-corrected chi connectivity index (χ4v) is 3.60. The molecule has 8 heteroatoms. The van der Waals surface area contributed by atoms with Crippen LogP contribution in [0, 0.1) is 0 Å². The van der Waals surface area contributed by atoms with E-state index in [0.29, 0.717) is 16.2 Å². The largest absolute Gasteiger partial charge is 0.481 e. The highest BCUT2D eigenvalue weighted by atomic mass is 79.9. The van der Waals surface area contributed by atoms with Crippen molar-refractivity contribution in [3.63, 3.8) is 0 Å². The van der Waals surface area contributed by atoms with Crippen molar-refractivity contribution in [1.82, 2.24) is 14.8 Å². The Morgan fingerprint density at radius 3 is 2.86 bits per heavy atom. The Hall–Kier alpha value is -1.05. The van der Waals surface area contributed by atoms with E-state index in [9.17, 15) is 4.79 Å². The van der Waals surface area contributed by atoms with Crippen LogP contribution in [0.2, 0.25) is 5.02 Å². The average molecular weight is 389 g/mol. The molecule has 0 radical (unpaired) electrons. The van der Waals surface area contributed by atoms with Gasteiger partial charge in [0, 0.05) is 21.1 Å². The molecule has 3 rings (SSSR count). The lowest BCUT2D eigenvalue weighted by Gasteiger charge is -2.09. The van der Waals surface area contributed by atoms with Crippen LogP contribution in [0.1, 0.15) is 18.9 Å². The second-order valence-corrected chi connectivity index (χ2v) is 6.95. The third kappa shape index (κ3) is 3.25. The minimum absolute atomic E-state index is 0.0212. The van der Waals surface area contributed by atoms with Crippen molar-refractivity contribution < 1.29 is 9.90 Å². The molecular weight excluding hydrogens is 378 g/mol. The van der Waals surface area contributed by atoms with Gasteiger partial charge in [-0.1, -0.05) is 23.4 Å². The number of thioether (sulfide) groups is 1. The zero-order valence-corrected chi connectivity index (χ0v) is 14.0. The molecule has 2 aromatic rings. The van der Waals surface area contributed by atoms with Gasteiger partial charge in [0.15, 0.2) is 11.0 Å². The summed E-state index contributed by atoms with van der Waals surface area (Å²) >= 11 is 10.7. The summed E-state index contributed by atoms with van der Waals surface area (Å²) < 4.78 is 2.88. The van der Waals surface area contributed by atoms with E-state index in [1.54, 1.807) is 6.07 Å². The van der Waals surface area contributed by atoms with Crippen molar-refractivity contribution >= 4 is 45.3 Å². The van der Waals surface area contributed by atoms with Gasteiger partial charge in [-0.05, 0) is 47.0 Å². The van der Waals surface area contributed by atoms with Gasteiger partial charge in [0.25, 0.3) is 0 Å². The van der Waals surface area contributed by atoms with Crippen LogP contribution >= 0.6 is 39.3 Å². The number of aliphatic carboxylic acids is 1. The zero-order valence-electron chi connectivity index (χ0n) is 10.8. The molecule has 21 heavy (non-hydrogen) atoms. The molecule has 5 nitrogen and oxygen atoms in total. The molecule has 0 saturated heterocycles. The normalized spacial score (nSPS) is 14.4. The molecular formula is C13H11BrClN3O2S. The Bertz CT molecular complexity index is 703. The van der Waals surface area contributed by atoms with Crippen LogP contribution in [0.25, 0.3) is 11.4 Å². The molecule has 0 aliphatic heterocycles. The number of carbonyl (C=O) groups is 1. The first-order valence-corrected chi connectivity index (χ1v) is 8.47. The van der Waals surface area contributed by atoms with Crippen LogP contribution in [0.4, 0.5) is 0 Å². The number of hydrogen-bond acceptors (Lipinski definition) is 4. The third-order valence-corrected chi connectivity index (χ3v) is 4.89. The molecule has 0 amide bonds. The fourth-order valence-electron chi connectivity index (χ4n) is 2.02. The summed E-state index contributed by atoms with van der Waals surface area (Å²) in [4.78, 5) is 10.7. The Labute approximate surface area is 138 Å². The number of rotatable bonds is 5. The smallest absolute Gasteiger partial charge is 0.313 e. The Kier molecular flexibility index (Phi) is 4.24.